The summed E-state index contributed by atoms with van der Waals surface area (Å²) in [7, 11) is 0. The van der Waals surface area contributed by atoms with Gasteiger partial charge in [-0.25, -0.2) is 4.68 Å². The van der Waals surface area contributed by atoms with Crippen molar-refractivity contribution >= 4 is 62.4 Å². The van der Waals surface area contributed by atoms with Crippen LogP contribution in [0.3, 0.4) is 0 Å². The second-order valence-corrected chi connectivity index (χ2v) is 9.94. The van der Waals surface area contributed by atoms with Crippen LogP contribution >= 0.6 is 50.7 Å². The summed E-state index contributed by atoms with van der Waals surface area (Å²) in [6.45, 7) is 0. The number of fused-ring (bicyclic) bond motifs is 3. The Balaban J connectivity index is 1.65. The molecule has 0 spiro atoms. The highest BCUT2D eigenvalue weighted by atomic mass is 79.9. The second-order valence-electron chi connectivity index (χ2n) is 7.74. The van der Waals surface area contributed by atoms with E-state index < -0.39 is 6.10 Å². The topological polar surface area (TPSA) is 52.0 Å². The van der Waals surface area contributed by atoms with Crippen LogP contribution in [-0.4, -0.2) is 14.8 Å². The number of anilines is 1. The van der Waals surface area contributed by atoms with Gasteiger partial charge in [0.25, 0.3) is 0 Å². The molecule has 0 radical (unpaired) electrons. The van der Waals surface area contributed by atoms with Gasteiger partial charge < -0.3 is 10.1 Å². The summed E-state index contributed by atoms with van der Waals surface area (Å²) in [5.74, 6) is 1.33. The van der Waals surface area contributed by atoms with E-state index >= 15 is 0 Å². The standard InChI is InChI=1S/C24H14BrCl3N4O/c25-13-3-1-12(2-4-13)23-20-21(17-9-14(26)6-8-19(17)33-23)31-24-29-11-30-32(24)22(20)16-7-5-15(27)10-18(16)28/h1-11,22-23H,(H,29,30,31). The Bertz CT molecular complexity index is 1430. The molecular weight excluding hydrogens is 547 g/mol. The maximum atomic E-state index is 6.71. The van der Waals surface area contributed by atoms with E-state index in [4.69, 9.17) is 39.5 Å². The average Bonchev–Trinajstić information content (AvgIpc) is 3.27. The third-order valence-electron chi connectivity index (χ3n) is 5.81. The minimum absolute atomic E-state index is 0.371. The maximum absolute atomic E-state index is 6.71. The number of aromatic nitrogens is 3. The molecular formula is C24H14BrCl3N4O. The van der Waals surface area contributed by atoms with Crippen molar-refractivity contribution < 1.29 is 4.74 Å². The zero-order valence-corrected chi connectivity index (χ0v) is 20.6. The predicted molar refractivity (Wildman–Crippen MR) is 134 cm³/mol. The number of hydrogen-bond acceptors (Lipinski definition) is 4. The Kier molecular flexibility index (Phi) is 5.14. The molecule has 3 aromatic carbocycles. The SMILES string of the molecule is Clc1ccc(C2C3=C(Nc4ncnn42)c2cc(Cl)ccc2OC3c2ccc(Br)cc2)c(Cl)c1. The van der Waals surface area contributed by atoms with Gasteiger partial charge in [-0.1, -0.05) is 68.9 Å². The maximum Gasteiger partial charge on any atom is 0.226 e. The van der Waals surface area contributed by atoms with Gasteiger partial charge >= 0.3 is 0 Å². The highest BCUT2D eigenvalue weighted by molar-refractivity contribution is 9.10. The van der Waals surface area contributed by atoms with Crippen LogP contribution in [-0.2, 0) is 0 Å². The quantitative estimate of drug-likeness (QED) is 0.275. The number of rotatable bonds is 2. The van der Waals surface area contributed by atoms with Crippen LogP contribution < -0.4 is 10.1 Å². The van der Waals surface area contributed by atoms with Crippen LogP contribution in [0.15, 0.2) is 77.0 Å². The number of halogens is 4. The monoisotopic (exact) mass is 558 g/mol. The molecule has 2 unspecified atom stereocenters. The van der Waals surface area contributed by atoms with Crippen LogP contribution in [0.1, 0.15) is 28.8 Å². The van der Waals surface area contributed by atoms with Crippen LogP contribution in [0.4, 0.5) is 5.95 Å². The van der Waals surface area contributed by atoms with E-state index in [1.807, 2.05) is 59.3 Å². The van der Waals surface area contributed by atoms with Crippen molar-refractivity contribution in [1.29, 1.82) is 0 Å². The Labute approximate surface area is 213 Å². The molecule has 4 aromatic rings. The molecule has 6 rings (SSSR count). The Hall–Kier alpha value is -2.51. The van der Waals surface area contributed by atoms with Gasteiger partial charge in [-0.15, -0.1) is 0 Å². The molecule has 9 heteroatoms. The van der Waals surface area contributed by atoms with Crippen molar-refractivity contribution in [3.8, 4) is 5.75 Å². The molecule has 5 nitrogen and oxygen atoms in total. The lowest BCUT2D eigenvalue weighted by atomic mass is 9.84. The smallest absolute Gasteiger partial charge is 0.226 e. The van der Waals surface area contributed by atoms with Crippen molar-refractivity contribution in [2.45, 2.75) is 12.1 Å². The molecule has 164 valence electrons. The van der Waals surface area contributed by atoms with Gasteiger partial charge in [0, 0.05) is 30.7 Å². The van der Waals surface area contributed by atoms with Gasteiger partial charge in [0.2, 0.25) is 5.95 Å². The fourth-order valence-electron chi connectivity index (χ4n) is 4.38. The molecule has 2 aliphatic heterocycles. The Morgan fingerprint density at radius 2 is 1.70 bits per heavy atom. The Morgan fingerprint density at radius 1 is 0.939 bits per heavy atom. The van der Waals surface area contributed by atoms with Crippen LogP contribution in [0.25, 0.3) is 5.70 Å². The van der Waals surface area contributed by atoms with Crippen molar-refractivity contribution in [2.75, 3.05) is 5.32 Å². The van der Waals surface area contributed by atoms with Gasteiger partial charge in [-0.2, -0.15) is 10.1 Å². The summed E-state index contributed by atoms with van der Waals surface area (Å²) in [6, 6.07) is 18.8. The lowest BCUT2D eigenvalue weighted by molar-refractivity contribution is 0.223. The minimum atomic E-state index is -0.400. The first-order chi connectivity index (χ1) is 16.0. The summed E-state index contributed by atoms with van der Waals surface area (Å²) in [4.78, 5) is 4.43. The third kappa shape index (κ3) is 3.53. The van der Waals surface area contributed by atoms with Gasteiger partial charge in [-0.05, 0) is 53.6 Å². The number of nitrogens with zero attached hydrogens (tertiary/aromatic N) is 3. The van der Waals surface area contributed by atoms with E-state index in [2.05, 4.69) is 31.3 Å². The van der Waals surface area contributed by atoms with Gasteiger partial charge in [0.05, 0.1) is 5.70 Å². The van der Waals surface area contributed by atoms with Crippen LogP contribution in [0, 0.1) is 0 Å². The summed E-state index contributed by atoms with van der Waals surface area (Å²) >= 11 is 22.8. The van der Waals surface area contributed by atoms with E-state index in [1.54, 1.807) is 6.07 Å². The summed E-state index contributed by atoms with van der Waals surface area (Å²) in [6.07, 6.45) is 1.12. The molecule has 1 N–H and O–H groups in total. The van der Waals surface area contributed by atoms with Crippen molar-refractivity contribution in [1.82, 2.24) is 14.8 Å². The van der Waals surface area contributed by atoms with Gasteiger partial charge in [0.1, 0.15) is 24.2 Å². The van der Waals surface area contributed by atoms with Gasteiger partial charge in [-0.3, -0.25) is 0 Å². The lowest BCUT2D eigenvalue weighted by Crippen LogP contribution is -2.32. The molecule has 0 saturated heterocycles. The van der Waals surface area contributed by atoms with Crippen molar-refractivity contribution in [2.24, 2.45) is 0 Å². The molecule has 0 bridgehead atoms. The zero-order valence-electron chi connectivity index (χ0n) is 16.8. The molecule has 2 atom stereocenters. The van der Waals surface area contributed by atoms with Crippen molar-refractivity contribution in [3.63, 3.8) is 0 Å². The fourth-order valence-corrected chi connectivity index (χ4v) is 5.33. The summed E-state index contributed by atoms with van der Waals surface area (Å²) < 4.78 is 9.39. The normalized spacial score (nSPS) is 18.7. The molecule has 0 amide bonds. The molecule has 0 saturated carbocycles. The number of ether oxygens (including phenoxy) is 1. The van der Waals surface area contributed by atoms with E-state index in [1.165, 1.54) is 6.33 Å². The molecule has 33 heavy (non-hydrogen) atoms. The lowest BCUT2D eigenvalue weighted by Gasteiger charge is -2.39. The number of nitrogens with one attached hydrogen (secondary N) is 1. The zero-order chi connectivity index (χ0) is 22.7. The minimum Gasteiger partial charge on any atom is -0.480 e. The highest BCUT2D eigenvalue weighted by Gasteiger charge is 2.41. The van der Waals surface area contributed by atoms with Gasteiger partial charge in [0.15, 0.2) is 0 Å². The summed E-state index contributed by atoms with van der Waals surface area (Å²) in [5, 5.41) is 9.68. The van der Waals surface area contributed by atoms with Crippen molar-refractivity contribution in [3.05, 3.63) is 109 Å². The van der Waals surface area contributed by atoms with E-state index in [9.17, 15) is 0 Å². The number of hydrogen-bond donors (Lipinski definition) is 1. The predicted octanol–water partition coefficient (Wildman–Crippen LogP) is 7.56. The molecule has 3 heterocycles. The molecule has 0 fully saturated rings. The Morgan fingerprint density at radius 3 is 2.48 bits per heavy atom. The van der Waals surface area contributed by atoms with E-state index in [0.29, 0.717) is 21.0 Å². The fraction of sp³-hybridized carbons (Fsp3) is 0.0833. The number of benzene rings is 3. The van der Waals surface area contributed by atoms with Crippen LogP contribution in [0.2, 0.25) is 15.1 Å². The van der Waals surface area contributed by atoms with E-state index in [0.717, 1.165) is 38.2 Å². The molecule has 1 aromatic heterocycles. The molecule has 0 aliphatic carbocycles. The van der Waals surface area contributed by atoms with E-state index in [-0.39, 0.29) is 6.04 Å². The second kappa shape index (κ2) is 8.06. The third-order valence-corrected chi connectivity index (χ3v) is 7.13. The first-order valence-electron chi connectivity index (χ1n) is 10.1. The summed E-state index contributed by atoms with van der Waals surface area (Å²) in [5.41, 5.74) is 4.53. The molecule has 2 aliphatic rings. The first-order valence-corrected chi connectivity index (χ1v) is 12.0. The largest absolute Gasteiger partial charge is 0.480 e. The van der Waals surface area contributed by atoms with Crippen LogP contribution in [0.5, 0.6) is 5.75 Å². The first kappa shape index (κ1) is 21.1. The average molecular weight is 561 g/mol. The highest BCUT2D eigenvalue weighted by Crippen LogP contribution is 2.52.